The number of sulfonamides is 1. The fraction of sp³-hybridized carbons (Fsp3) is 0.300. The number of rotatable bonds is 8. The number of anilines is 2. The second-order valence-electron chi connectivity index (χ2n) is 6.39. The third-order valence-corrected chi connectivity index (χ3v) is 5.75. The number of carbonyl (C=O) groups is 2. The van der Waals surface area contributed by atoms with E-state index in [1.54, 1.807) is 50.2 Å². The Kier molecular flexibility index (Phi) is 7.31. The molecule has 1 atom stereocenters. The molecule has 0 radical (unpaired) electrons. The molecule has 28 heavy (non-hydrogen) atoms. The molecule has 0 bridgehead atoms. The predicted molar refractivity (Wildman–Crippen MR) is 110 cm³/mol. The van der Waals surface area contributed by atoms with E-state index >= 15 is 0 Å². The maximum Gasteiger partial charge on any atom is 0.255 e. The van der Waals surface area contributed by atoms with E-state index in [0.29, 0.717) is 29.8 Å². The average Bonchev–Trinajstić information content (AvgIpc) is 2.68. The average molecular weight is 404 g/mol. The second kappa shape index (κ2) is 9.48. The summed E-state index contributed by atoms with van der Waals surface area (Å²) in [4.78, 5) is 23.9. The van der Waals surface area contributed by atoms with Gasteiger partial charge in [-0.15, -0.1) is 0 Å². The molecule has 7 nitrogen and oxygen atoms in total. The Morgan fingerprint density at radius 3 is 1.96 bits per heavy atom. The van der Waals surface area contributed by atoms with Crippen molar-refractivity contribution in [2.24, 2.45) is 0 Å². The normalized spacial score (nSPS) is 12.2. The molecule has 8 heteroatoms. The summed E-state index contributed by atoms with van der Waals surface area (Å²) in [5.74, 6) is -0.434. The van der Waals surface area contributed by atoms with Crippen LogP contribution in [0.5, 0.6) is 0 Å². The lowest BCUT2D eigenvalue weighted by atomic mass is 10.2. The number of hydrogen-bond donors (Lipinski definition) is 3. The Morgan fingerprint density at radius 1 is 0.893 bits per heavy atom. The van der Waals surface area contributed by atoms with E-state index in [1.807, 2.05) is 6.92 Å². The molecular weight excluding hydrogens is 378 g/mol. The highest BCUT2D eigenvalue weighted by Crippen LogP contribution is 2.16. The van der Waals surface area contributed by atoms with E-state index in [9.17, 15) is 18.0 Å². The standard InChI is InChI=1S/C20H25N3O4S/c1-4-14(3)23-28(26,27)18-12-10-17(11-13-18)22-20(25)15-6-8-16(9-7-15)21-19(24)5-2/h6-14,23H,4-5H2,1-3H3,(H,21,24)(H,22,25). The molecular formula is C20H25N3O4S. The van der Waals surface area contributed by atoms with Gasteiger partial charge < -0.3 is 10.6 Å². The van der Waals surface area contributed by atoms with Crippen molar-refractivity contribution < 1.29 is 18.0 Å². The van der Waals surface area contributed by atoms with Crippen molar-refractivity contribution in [2.75, 3.05) is 10.6 Å². The van der Waals surface area contributed by atoms with Crippen molar-refractivity contribution in [1.82, 2.24) is 4.72 Å². The molecule has 0 saturated heterocycles. The van der Waals surface area contributed by atoms with Crippen LogP contribution in [0.25, 0.3) is 0 Å². The van der Waals surface area contributed by atoms with Crippen LogP contribution in [0.2, 0.25) is 0 Å². The Bertz CT molecular complexity index is 923. The Labute approximate surface area is 165 Å². The summed E-state index contributed by atoms with van der Waals surface area (Å²) in [6.45, 7) is 5.45. The quantitative estimate of drug-likeness (QED) is 0.628. The van der Waals surface area contributed by atoms with Gasteiger partial charge in [0.05, 0.1) is 4.90 Å². The van der Waals surface area contributed by atoms with Crippen LogP contribution >= 0.6 is 0 Å². The fourth-order valence-electron chi connectivity index (χ4n) is 2.29. The first-order chi connectivity index (χ1) is 13.2. The molecule has 0 spiro atoms. The van der Waals surface area contributed by atoms with Gasteiger partial charge in [0.1, 0.15) is 0 Å². The van der Waals surface area contributed by atoms with Crippen LogP contribution in [0.3, 0.4) is 0 Å². The number of carbonyl (C=O) groups excluding carboxylic acids is 2. The van der Waals surface area contributed by atoms with Crippen molar-refractivity contribution >= 4 is 33.2 Å². The van der Waals surface area contributed by atoms with Gasteiger partial charge in [0.25, 0.3) is 5.91 Å². The van der Waals surface area contributed by atoms with Gasteiger partial charge in [-0.25, -0.2) is 13.1 Å². The van der Waals surface area contributed by atoms with Gasteiger partial charge in [0.2, 0.25) is 15.9 Å². The summed E-state index contributed by atoms with van der Waals surface area (Å²) in [5.41, 5.74) is 1.52. The van der Waals surface area contributed by atoms with E-state index in [2.05, 4.69) is 15.4 Å². The van der Waals surface area contributed by atoms with E-state index in [4.69, 9.17) is 0 Å². The van der Waals surface area contributed by atoms with Crippen LogP contribution in [0.4, 0.5) is 11.4 Å². The van der Waals surface area contributed by atoms with Gasteiger partial charge in [0.15, 0.2) is 0 Å². The zero-order chi connectivity index (χ0) is 20.7. The molecule has 1 unspecified atom stereocenters. The monoisotopic (exact) mass is 403 g/mol. The molecule has 0 saturated carbocycles. The maximum absolute atomic E-state index is 12.3. The van der Waals surface area contributed by atoms with Crippen LogP contribution in [-0.4, -0.2) is 26.3 Å². The smallest absolute Gasteiger partial charge is 0.255 e. The van der Waals surface area contributed by atoms with Crippen LogP contribution in [0, 0.1) is 0 Å². The molecule has 3 N–H and O–H groups in total. The molecule has 150 valence electrons. The molecule has 0 fully saturated rings. The van der Waals surface area contributed by atoms with Gasteiger partial charge in [0, 0.05) is 29.4 Å². The van der Waals surface area contributed by atoms with Crippen LogP contribution in [0.15, 0.2) is 53.4 Å². The Hall–Kier alpha value is -2.71. The molecule has 0 heterocycles. The zero-order valence-corrected chi connectivity index (χ0v) is 17.0. The summed E-state index contributed by atoms with van der Waals surface area (Å²) >= 11 is 0. The minimum atomic E-state index is -3.58. The molecule has 2 amide bonds. The first-order valence-electron chi connectivity index (χ1n) is 9.08. The number of nitrogens with one attached hydrogen (secondary N) is 3. The van der Waals surface area contributed by atoms with Crippen molar-refractivity contribution in [1.29, 1.82) is 0 Å². The van der Waals surface area contributed by atoms with Gasteiger partial charge in [-0.3, -0.25) is 9.59 Å². The Morgan fingerprint density at radius 2 is 1.43 bits per heavy atom. The number of amides is 2. The molecule has 0 aliphatic rings. The third kappa shape index (κ3) is 5.90. The minimum absolute atomic E-state index is 0.102. The second-order valence-corrected chi connectivity index (χ2v) is 8.10. The molecule has 2 aromatic rings. The highest BCUT2D eigenvalue weighted by Gasteiger charge is 2.16. The number of hydrogen-bond acceptors (Lipinski definition) is 4. The van der Waals surface area contributed by atoms with Crippen molar-refractivity contribution in [3.63, 3.8) is 0 Å². The van der Waals surface area contributed by atoms with E-state index in [0.717, 1.165) is 0 Å². The summed E-state index contributed by atoms with van der Waals surface area (Å²) in [6, 6.07) is 12.3. The predicted octanol–water partition coefficient (Wildman–Crippen LogP) is 3.36. The molecule has 2 aromatic carbocycles. The third-order valence-electron chi connectivity index (χ3n) is 4.14. The van der Waals surface area contributed by atoms with Crippen LogP contribution < -0.4 is 15.4 Å². The van der Waals surface area contributed by atoms with Crippen molar-refractivity contribution in [2.45, 2.75) is 44.6 Å². The molecule has 2 rings (SSSR count). The molecule has 0 aliphatic heterocycles. The Balaban J connectivity index is 2.03. The SMILES string of the molecule is CCC(=O)Nc1ccc(C(=O)Nc2ccc(S(=O)(=O)NC(C)CC)cc2)cc1. The summed E-state index contributed by atoms with van der Waals surface area (Å²) in [7, 11) is -3.58. The lowest BCUT2D eigenvalue weighted by Crippen LogP contribution is -2.31. The maximum atomic E-state index is 12.3. The summed E-state index contributed by atoms with van der Waals surface area (Å²) < 4.78 is 27.1. The van der Waals surface area contributed by atoms with E-state index in [1.165, 1.54) is 12.1 Å². The first-order valence-corrected chi connectivity index (χ1v) is 10.6. The van der Waals surface area contributed by atoms with Crippen LogP contribution in [-0.2, 0) is 14.8 Å². The van der Waals surface area contributed by atoms with Gasteiger partial charge in [-0.2, -0.15) is 0 Å². The highest BCUT2D eigenvalue weighted by molar-refractivity contribution is 7.89. The lowest BCUT2D eigenvalue weighted by Gasteiger charge is -2.12. The minimum Gasteiger partial charge on any atom is -0.326 e. The van der Waals surface area contributed by atoms with Crippen molar-refractivity contribution in [3.05, 3.63) is 54.1 Å². The van der Waals surface area contributed by atoms with E-state index in [-0.39, 0.29) is 22.8 Å². The zero-order valence-electron chi connectivity index (χ0n) is 16.2. The summed E-state index contributed by atoms with van der Waals surface area (Å²) in [5, 5.41) is 5.43. The van der Waals surface area contributed by atoms with Crippen molar-refractivity contribution in [3.8, 4) is 0 Å². The highest BCUT2D eigenvalue weighted by atomic mass is 32.2. The fourth-order valence-corrected chi connectivity index (χ4v) is 3.62. The number of benzene rings is 2. The largest absolute Gasteiger partial charge is 0.326 e. The molecule has 0 aromatic heterocycles. The first kappa shape index (κ1) is 21.6. The van der Waals surface area contributed by atoms with Gasteiger partial charge in [-0.05, 0) is 61.9 Å². The summed E-state index contributed by atoms with van der Waals surface area (Å²) in [6.07, 6.45) is 1.06. The molecule has 0 aliphatic carbocycles. The lowest BCUT2D eigenvalue weighted by molar-refractivity contribution is -0.115. The van der Waals surface area contributed by atoms with E-state index < -0.39 is 10.0 Å². The van der Waals surface area contributed by atoms with Crippen LogP contribution in [0.1, 0.15) is 44.0 Å². The topological polar surface area (TPSA) is 104 Å². The van der Waals surface area contributed by atoms with Gasteiger partial charge >= 0.3 is 0 Å². The van der Waals surface area contributed by atoms with Gasteiger partial charge in [-0.1, -0.05) is 13.8 Å².